The minimum Gasteiger partial charge on any atom is -0.436 e. The van der Waals surface area contributed by atoms with E-state index in [0.29, 0.717) is 43.5 Å². The van der Waals surface area contributed by atoms with E-state index in [4.69, 9.17) is 4.74 Å². The van der Waals surface area contributed by atoms with Crippen LogP contribution in [0.15, 0.2) is 42.9 Å². The quantitative estimate of drug-likeness (QED) is 0.228. The van der Waals surface area contributed by atoms with Gasteiger partial charge in [-0.05, 0) is 49.5 Å². The minimum atomic E-state index is -1.11. The zero-order valence-electron chi connectivity index (χ0n) is 28.7. The summed E-state index contributed by atoms with van der Waals surface area (Å²) in [6, 6.07) is 8.17. The molecule has 10 heteroatoms. The molecule has 4 rings (SSSR count). The van der Waals surface area contributed by atoms with Gasteiger partial charge in [-0.25, -0.2) is 9.78 Å². The van der Waals surface area contributed by atoms with E-state index in [0.717, 1.165) is 50.5 Å². The van der Waals surface area contributed by atoms with Crippen molar-refractivity contribution in [1.82, 2.24) is 25.1 Å². The van der Waals surface area contributed by atoms with Crippen molar-refractivity contribution in [1.29, 1.82) is 0 Å². The van der Waals surface area contributed by atoms with Crippen molar-refractivity contribution in [2.24, 2.45) is 11.8 Å². The monoisotopic (exact) mass is 651 g/mol. The average molecular weight is 652 g/mol. The number of carbonyl (C=O) groups is 3. The topological polar surface area (TPSA) is 128 Å². The van der Waals surface area contributed by atoms with Crippen molar-refractivity contribution in [2.45, 2.75) is 128 Å². The molecule has 0 spiro atoms. The molecular weight excluding hydrogens is 594 g/mol. The Morgan fingerprint density at radius 3 is 2.32 bits per heavy atom. The van der Waals surface area contributed by atoms with Crippen LogP contribution in [-0.2, 0) is 27.2 Å². The number of aromatic amines is 1. The molecule has 1 aromatic heterocycles. The molecule has 2 fully saturated rings. The smallest absolute Gasteiger partial charge is 0.410 e. The number of rotatable bonds is 15. The van der Waals surface area contributed by atoms with Crippen molar-refractivity contribution in [3.05, 3.63) is 54.1 Å². The number of imidazole rings is 1. The van der Waals surface area contributed by atoms with E-state index >= 15 is 0 Å². The first-order valence-corrected chi connectivity index (χ1v) is 17.9. The van der Waals surface area contributed by atoms with Crippen molar-refractivity contribution < 1.29 is 24.2 Å². The molecule has 0 unspecified atom stereocenters. The van der Waals surface area contributed by atoms with E-state index in [1.807, 2.05) is 30.3 Å². The molecule has 1 aliphatic heterocycles. The number of amides is 3. The number of H-pyrrole nitrogens is 1. The molecule has 2 aromatic rings. The van der Waals surface area contributed by atoms with Crippen molar-refractivity contribution >= 4 is 17.9 Å². The highest BCUT2D eigenvalue weighted by Crippen LogP contribution is 2.29. The maximum absolute atomic E-state index is 14.3. The van der Waals surface area contributed by atoms with E-state index in [2.05, 4.69) is 29.1 Å². The van der Waals surface area contributed by atoms with Crippen LogP contribution in [0.4, 0.5) is 4.79 Å². The van der Waals surface area contributed by atoms with Crippen LogP contribution in [0.25, 0.3) is 0 Å². The Bertz CT molecular complexity index is 1210. The average Bonchev–Trinajstić information content (AvgIpc) is 3.44. The summed E-state index contributed by atoms with van der Waals surface area (Å²) in [7, 11) is 1.60. The van der Waals surface area contributed by atoms with Gasteiger partial charge in [0.1, 0.15) is 6.04 Å². The lowest BCUT2D eigenvalue weighted by molar-refractivity contribution is -0.146. The molecule has 260 valence electrons. The maximum atomic E-state index is 14.3. The van der Waals surface area contributed by atoms with Gasteiger partial charge in [0.25, 0.3) is 5.91 Å². The van der Waals surface area contributed by atoms with Gasteiger partial charge in [-0.2, -0.15) is 0 Å². The van der Waals surface area contributed by atoms with E-state index in [-0.39, 0.29) is 18.7 Å². The van der Waals surface area contributed by atoms with Gasteiger partial charge in [0.15, 0.2) is 6.10 Å². The standard InChI is InChI=1S/C37H57N5O5/c1-27(2)18-19-33(43)31(22-28-14-8-6-9-15-28)40-35(44)32(24-30-25-38-26-39-30)41(3)36(45)34(23-29-16-10-7-11-17-29)47-37(46)42-20-12-4-5-13-21-42/h7,10-11,16-17,25-28,31-34,43H,4-6,8-9,12-15,18-24H2,1-3H3,(H,38,39)(H,40,44)/t31-,32-,33-,34-/m0/s1. The van der Waals surface area contributed by atoms with Gasteiger partial charge >= 0.3 is 6.09 Å². The minimum absolute atomic E-state index is 0.195. The molecule has 0 radical (unpaired) electrons. The number of aliphatic hydroxyl groups excluding tert-OH is 1. The lowest BCUT2D eigenvalue weighted by atomic mass is 9.83. The Balaban J connectivity index is 1.56. The summed E-state index contributed by atoms with van der Waals surface area (Å²) in [6.45, 7) is 5.47. The van der Waals surface area contributed by atoms with Crippen molar-refractivity contribution in [3.63, 3.8) is 0 Å². The fraction of sp³-hybridized carbons (Fsp3) is 0.676. The van der Waals surface area contributed by atoms with Gasteiger partial charge in [0, 0.05) is 44.9 Å². The number of hydrogen-bond donors (Lipinski definition) is 3. The van der Waals surface area contributed by atoms with E-state index < -0.39 is 36.3 Å². The third kappa shape index (κ3) is 11.7. The molecule has 3 amide bonds. The van der Waals surface area contributed by atoms with Gasteiger partial charge in [-0.1, -0.05) is 89.1 Å². The molecule has 1 saturated heterocycles. The molecule has 4 atom stereocenters. The number of benzene rings is 1. The molecule has 2 heterocycles. The number of ether oxygens (including phenoxy) is 1. The molecule has 47 heavy (non-hydrogen) atoms. The fourth-order valence-electron chi connectivity index (χ4n) is 6.93. The molecule has 10 nitrogen and oxygen atoms in total. The number of likely N-dealkylation sites (N-methyl/N-ethyl adjacent to an activating group) is 1. The number of carbonyl (C=O) groups excluding carboxylic acids is 3. The lowest BCUT2D eigenvalue weighted by Crippen LogP contribution is -2.56. The molecule has 1 saturated carbocycles. The van der Waals surface area contributed by atoms with Crippen molar-refractivity contribution in [2.75, 3.05) is 20.1 Å². The van der Waals surface area contributed by atoms with E-state index in [9.17, 15) is 19.5 Å². The first-order chi connectivity index (χ1) is 22.7. The van der Waals surface area contributed by atoms with Crippen LogP contribution in [0.2, 0.25) is 0 Å². The fourth-order valence-corrected chi connectivity index (χ4v) is 6.93. The van der Waals surface area contributed by atoms with Crippen LogP contribution in [-0.4, -0.2) is 87.2 Å². The van der Waals surface area contributed by atoms with E-state index in [1.54, 1.807) is 24.5 Å². The third-order valence-electron chi connectivity index (χ3n) is 9.88. The summed E-state index contributed by atoms with van der Waals surface area (Å²) >= 11 is 0. The Kier molecular flexibility index (Phi) is 14.6. The molecular formula is C37H57N5O5. The second-order valence-corrected chi connectivity index (χ2v) is 14.1. The summed E-state index contributed by atoms with van der Waals surface area (Å²) in [5, 5.41) is 14.5. The Morgan fingerprint density at radius 1 is 1.00 bits per heavy atom. The highest BCUT2D eigenvalue weighted by molar-refractivity contribution is 5.90. The number of hydrogen-bond acceptors (Lipinski definition) is 6. The number of aliphatic hydroxyl groups is 1. The summed E-state index contributed by atoms with van der Waals surface area (Å²) in [4.78, 5) is 52.2. The highest BCUT2D eigenvalue weighted by Gasteiger charge is 2.37. The second kappa shape index (κ2) is 18.8. The largest absolute Gasteiger partial charge is 0.436 e. The van der Waals surface area contributed by atoms with Gasteiger partial charge in [0.05, 0.1) is 18.5 Å². The number of nitrogens with zero attached hydrogens (tertiary/aromatic N) is 3. The first kappa shape index (κ1) is 36.4. The molecule has 1 aliphatic carbocycles. The first-order valence-electron chi connectivity index (χ1n) is 17.9. The zero-order valence-corrected chi connectivity index (χ0v) is 28.7. The lowest BCUT2D eigenvalue weighted by Gasteiger charge is -2.34. The Morgan fingerprint density at radius 2 is 1.68 bits per heavy atom. The van der Waals surface area contributed by atoms with E-state index in [1.165, 1.54) is 24.2 Å². The van der Waals surface area contributed by atoms with Gasteiger partial charge in [-0.15, -0.1) is 0 Å². The zero-order chi connectivity index (χ0) is 33.6. The van der Waals surface area contributed by atoms with Crippen LogP contribution < -0.4 is 5.32 Å². The summed E-state index contributed by atoms with van der Waals surface area (Å²) < 4.78 is 5.98. The van der Waals surface area contributed by atoms with Crippen LogP contribution in [0.3, 0.4) is 0 Å². The second-order valence-electron chi connectivity index (χ2n) is 14.1. The maximum Gasteiger partial charge on any atom is 0.410 e. The predicted octanol–water partition coefficient (Wildman–Crippen LogP) is 5.66. The Hall–Kier alpha value is -3.40. The van der Waals surface area contributed by atoms with Gasteiger partial charge in [-0.3, -0.25) is 9.59 Å². The predicted molar refractivity (Wildman–Crippen MR) is 183 cm³/mol. The van der Waals surface area contributed by atoms with Crippen LogP contribution in [0.5, 0.6) is 0 Å². The third-order valence-corrected chi connectivity index (χ3v) is 9.88. The van der Waals surface area contributed by atoms with Crippen molar-refractivity contribution in [3.8, 4) is 0 Å². The molecule has 3 N–H and O–H groups in total. The van der Waals surface area contributed by atoms with Gasteiger partial charge in [0.2, 0.25) is 5.91 Å². The Labute approximate surface area is 281 Å². The van der Waals surface area contributed by atoms with Gasteiger partial charge < -0.3 is 29.9 Å². The summed E-state index contributed by atoms with van der Waals surface area (Å²) in [5.41, 5.74) is 1.56. The number of aromatic nitrogens is 2. The number of nitrogens with one attached hydrogen (secondary N) is 2. The normalized spacial score (nSPS) is 18.5. The van der Waals surface area contributed by atoms with Crippen LogP contribution >= 0.6 is 0 Å². The SMILES string of the molecule is CC(C)CC[C@H](O)[C@H](CC1CCCCC1)NC(=O)[C@H](Cc1cnc[nH]1)N(C)C(=O)[C@H](Cc1ccccc1)OC(=O)N1CCCCCC1. The van der Waals surface area contributed by atoms with Crippen LogP contribution in [0.1, 0.15) is 102 Å². The molecule has 0 bridgehead atoms. The molecule has 1 aromatic carbocycles. The molecule has 2 aliphatic rings. The van der Waals surface area contributed by atoms with Crippen LogP contribution in [0, 0.1) is 11.8 Å². The summed E-state index contributed by atoms with van der Waals surface area (Å²) in [5.74, 6) is 0.103. The summed E-state index contributed by atoms with van der Waals surface area (Å²) in [6.07, 6.45) is 13.2. The highest BCUT2D eigenvalue weighted by atomic mass is 16.6. The number of likely N-dealkylation sites (tertiary alicyclic amines) is 1.